The zero-order chi connectivity index (χ0) is 17.9. The second kappa shape index (κ2) is 7.35. The first-order valence-electron chi connectivity index (χ1n) is 6.50. The molecule has 0 atom stereocenters. The van der Waals surface area contributed by atoms with Gasteiger partial charge in [0.15, 0.2) is 39.9 Å². The summed E-state index contributed by atoms with van der Waals surface area (Å²) in [6.45, 7) is 0. The lowest BCUT2D eigenvalue weighted by Crippen LogP contribution is -2.21. The van der Waals surface area contributed by atoms with Crippen LogP contribution in [0.15, 0.2) is 24.3 Å². The molecule has 0 aromatic heterocycles. The molecule has 0 saturated carbocycles. The van der Waals surface area contributed by atoms with Gasteiger partial charge >= 0.3 is 0 Å². The molecule has 2 N–H and O–H groups in total. The fourth-order valence-electron chi connectivity index (χ4n) is 1.87. The number of halogens is 4. The molecule has 0 spiro atoms. The van der Waals surface area contributed by atoms with E-state index in [1.807, 2.05) is 0 Å². The second-order valence-corrected chi connectivity index (χ2v) is 4.90. The van der Waals surface area contributed by atoms with Crippen LogP contribution in [0.1, 0.15) is 0 Å². The molecule has 0 fully saturated rings. The zero-order valence-electron chi connectivity index (χ0n) is 12.5. The van der Waals surface area contributed by atoms with E-state index in [0.29, 0.717) is 17.2 Å². The molecule has 4 nitrogen and oxygen atoms in total. The predicted octanol–water partition coefficient (Wildman–Crippen LogP) is 4.07. The van der Waals surface area contributed by atoms with Gasteiger partial charge in [-0.3, -0.25) is 0 Å². The number of hydrogen-bond donors (Lipinski definition) is 2. The van der Waals surface area contributed by atoms with Crippen molar-refractivity contribution in [2.75, 3.05) is 24.9 Å². The van der Waals surface area contributed by atoms with Crippen LogP contribution in [0.25, 0.3) is 0 Å². The van der Waals surface area contributed by atoms with Gasteiger partial charge in [-0.2, -0.15) is 0 Å². The van der Waals surface area contributed by atoms with Gasteiger partial charge in [0.1, 0.15) is 5.69 Å². The van der Waals surface area contributed by atoms with Crippen LogP contribution >= 0.6 is 12.2 Å². The van der Waals surface area contributed by atoms with Crippen molar-refractivity contribution in [1.82, 2.24) is 0 Å². The molecule has 24 heavy (non-hydrogen) atoms. The van der Waals surface area contributed by atoms with Crippen LogP contribution in [0.5, 0.6) is 11.5 Å². The Balaban J connectivity index is 2.20. The van der Waals surface area contributed by atoms with Crippen LogP contribution in [0, 0.1) is 23.3 Å². The van der Waals surface area contributed by atoms with Crippen LogP contribution in [-0.4, -0.2) is 19.3 Å². The minimum absolute atomic E-state index is 0.112. The van der Waals surface area contributed by atoms with Crippen molar-refractivity contribution in [3.8, 4) is 11.5 Å². The lowest BCUT2D eigenvalue weighted by molar-refractivity contribution is 0.355. The van der Waals surface area contributed by atoms with E-state index in [-0.39, 0.29) is 11.2 Å². The third kappa shape index (κ3) is 3.67. The van der Waals surface area contributed by atoms with Crippen molar-refractivity contribution in [3.05, 3.63) is 47.5 Å². The summed E-state index contributed by atoms with van der Waals surface area (Å²) in [7, 11) is 2.89. The van der Waals surface area contributed by atoms with Gasteiger partial charge in [-0.05, 0) is 24.4 Å². The average molecular weight is 360 g/mol. The summed E-state index contributed by atoms with van der Waals surface area (Å²) in [5, 5.41) is 4.44. The number of nitrogens with one attached hydrogen (secondary N) is 2. The first kappa shape index (κ1) is 17.8. The van der Waals surface area contributed by atoms with E-state index in [2.05, 4.69) is 10.6 Å². The van der Waals surface area contributed by atoms with E-state index >= 15 is 0 Å². The van der Waals surface area contributed by atoms with Gasteiger partial charge in [-0.1, -0.05) is 0 Å². The minimum Gasteiger partial charge on any atom is -0.493 e. The molecule has 0 aliphatic carbocycles. The Morgan fingerprint density at radius 2 is 1.46 bits per heavy atom. The number of rotatable bonds is 4. The fraction of sp³-hybridized carbons (Fsp3) is 0.133. The third-order valence-corrected chi connectivity index (χ3v) is 3.20. The summed E-state index contributed by atoms with van der Waals surface area (Å²) in [6, 6.07) is 4.77. The van der Waals surface area contributed by atoms with Gasteiger partial charge in [0, 0.05) is 17.8 Å². The number of benzene rings is 2. The first-order chi connectivity index (χ1) is 11.4. The molecule has 0 heterocycles. The van der Waals surface area contributed by atoms with Crippen LogP contribution in [0.3, 0.4) is 0 Å². The number of hydrogen-bond acceptors (Lipinski definition) is 3. The number of thiocarbonyl (C=S) groups is 1. The third-order valence-electron chi connectivity index (χ3n) is 2.99. The Bertz CT molecular complexity index is 760. The van der Waals surface area contributed by atoms with Crippen molar-refractivity contribution in [2.45, 2.75) is 0 Å². The molecule has 0 aliphatic heterocycles. The van der Waals surface area contributed by atoms with Gasteiger partial charge in [0.05, 0.1) is 14.2 Å². The Hall–Kier alpha value is -2.55. The van der Waals surface area contributed by atoms with Crippen LogP contribution in [-0.2, 0) is 0 Å². The number of methoxy groups -OCH3 is 2. The molecule has 0 bridgehead atoms. The summed E-state index contributed by atoms with van der Waals surface area (Å²) in [5.74, 6) is -5.38. The monoisotopic (exact) mass is 360 g/mol. The molecule has 0 aliphatic rings. The average Bonchev–Trinajstić information content (AvgIpc) is 2.56. The van der Waals surface area contributed by atoms with E-state index in [4.69, 9.17) is 21.7 Å². The molecule has 2 aromatic carbocycles. The maximum atomic E-state index is 13.6. The van der Waals surface area contributed by atoms with Gasteiger partial charge in [-0.25, -0.2) is 17.6 Å². The van der Waals surface area contributed by atoms with Crippen molar-refractivity contribution >= 4 is 28.7 Å². The van der Waals surface area contributed by atoms with Crippen molar-refractivity contribution in [3.63, 3.8) is 0 Å². The van der Waals surface area contributed by atoms with Gasteiger partial charge in [0.2, 0.25) is 0 Å². The summed E-state index contributed by atoms with van der Waals surface area (Å²) < 4.78 is 63.7. The quantitative estimate of drug-likeness (QED) is 0.489. The van der Waals surface area contributed by atoms with Crippen LogP contribution in [0.2, 0.25) is 0 Å². The Labute approximate surface area is 140 Å². The molecule has 0 radical (unpaired) electrons. The molecule has 0 amide bonds. The molecule has 128 valence electrons. The highest BCUT2D eigenvalue weighted by Gasteiger charge is 2.20. The van der Waals surface area contributed by atoms with Gasteiger partial charge in [0.25, 0.3) is 0 Å². The number of ether oxygens (including phenoxy) is 2. The molecular formula is C15H12F4N2O2S. The number of anilines is 2. The molecule has 2 rings (SSSR count). The standard InChI is InChI=1S/C15H12F4N2O2S/c1-22-10-4-3-7(5-11(10)23-2)20-15(24)21-14-12(18)8(16)6-9(17)13(14)19/h3-6H,1-2H3,(H2,20,21,24). The molecule has 0 saturated heterocycles. The van der Waals surface area contributed by atoms with E-state index in [0.717, 1.165) is 0 Å². The second-order valence-electron chi connectivity index (χ2n) is 4.49. The predicted molar refractivity (Wildman–Crippen MR) is 85.7 cm³/mol. The highest BCUT2D eigenvalue weighted by atomic mass is 32.1. The molecular weight excluding hydrogens is 348 g/mol. The van der Waals surface area contributed by atoms with E-state index in [1.54, 1.807) is 12.1 Å². The Morgan fingerprint density at radius 1 is 0.875 bits per heavy atom. The minimum atomic E-state index is -1.58. The van der Waals surface area contributed by atoms with Crippen molar-refractivity contribution < 1.29 is 27.0 Å². The van der Waals surface area contributed by atoms with E-state index < -0.39 is 29.0 Å². The van der Waals surface area contributed by atoms with Gasteiger partial charge < -0.3 is 20.1 Å². The SMILES string of the molecule is COc1ccc(NC(=S)Nc2c(F)c(F)cc(F)c2F)cc1OC. The largest absolute Gasteiger partial charge is 0.493 e. The molecule has 2 aromatic rings. The topological polar surface area (TPSA) is 42.5 Å². The zero-order valence-corrected chi connectivity index (χ0v) is 13.4. The smallest absolute Gasteiger partial charge is 0.185 e. The fourth-order valence-corrected chi connectivity index (χ4v) is 2.09. The normalized spacial score (nSPS) is 10.2. The van der Waals surface area contributed by atoms with Crippen molar-refractivity contribution in [1.29, 1.82) is 0 Å². The maximum absolute atomic E-state index is 13.6. The van der Waals surface area contributed by atoms with Gasteiger partial charge in [-0.15, -0.1) is 0 Å². The lowest BCUT2D eigenvalue weighted by atomic mass is 10.2. The van der Waals surface area contributed by atoms with E-state index in [9.17, 15) is 17.6 Å². The summed E-state index contributed by atoms with van der Waals surface area (Å²) in [4.78, 5) is 0. The lowest BCUT2D eigenvalue weighted by Gasteiger charge is -2.14. The Kier molecular flexibility index (Phi) is 5.45. The van der Waals surface area contributed by atoms with Crippen LogP contribution < -0.4 is 20.1 Å². The maximum Gasteiger partial charge on any atom is 0.185 e. The Morgan fingerprint density at radius 3 is 2.00 bits per heavy atom. The highest BCUT2D eigenvalue weighted by Crippen LogP contribution is 2.30. The molecule has 9 heteroatoms. The van der Waals surface area contributed by atoms with Crippen LogP contribution in [0.4, 0.5) is 28.9 Å². The summed E-state index contributed by atoms with van der Waals surface area (Å²) >= 11 is 4.89. The van der Waals surface area contributed by atoms with Crippen molar-refractivity contribution in [2.24, 2.45) is 0 Å². The molecule has 0 unspecified atom stereocenters. The first-order valence-corrected chi connectivity index (χ1v) is 6.91. The van der Waals surface area contributed by atoms with E-state index in [1.165, 1.54) is 20.3 Å². The summed E-state index contributed by atoms with van der Waals surface area (Å²) in [5.41, 5.74) is -0.617. The highest BCUT2D eigenvalue weighted by molar-refractivity contribution is 7.80. The summed E-state index contributed by atoms with van der Waals surface area (Å²) in [6.07, 6.45) is 0.